The first kappa shape index (κ1) is 14.4. The second kappa shape index (κ2) is 5.20. The molecule has 104 valence electrons. The molecular weight excluding hydrogens is 251 g/mol. The van der Waals surface area contributed by atoms with Crippen molar-refractivity contribution in [1.82, 2.24) is 0 Å². The van der Waals surface area contributed by atoms with Crippen LogP contribution in [-0.2, 0) is 0 Å². The van der Waals surface area contributed by atoms with Crippen molar-refractivity contribution in [2.45, 2.75) is 34.6 Å². The fourth-order valence-corrected chi connectivity index (χ4v) is 2.57. The maximum Gasteiger partial charge on any atom is 0.193 e. The van der Waals surface area contributed by atoms with Gasteiger partial charge in [-0.2, -0.15) is 0 Å². The zero-order valence-electron chi connectivity index (χ0n) is 12.6. The molecule has 0 amide bonds. The van der Waals surface area contributed by atoms with Gasteiger partial charge in [-0.1, -0.05) is 6.07 Å². The molecule has 0 aromatic heterocycles. The van der Waals surface area contributed by atoms with Crippen LogP contribution in [0.4, 0.5) is 4.39 Å². The zero-order valence-corrected chi connectivity index (χ0v) is 12.6. The molecule has 2 aromatic carbocycles. The molecule has 0 aliphatic heterocycles. The summed E-state index contributed by atoms with van der Waals surface area (Å²) in [6.45, 7) is 9.72. The molecule has 20 heavy (non-hydrogen) atoms. The summed E-state index contributed by atoms with van der Waals surface area (Å²) < 4.78 is 13.2. The van der Waals surface area contributed by atoms with E-state index in [4.69, 9.17) is 0 Å². The lowest BCUT2D eigenvalue weighted by molar-refractivity contribution is 0.103. The molecule has 2 rings (SSSR count). The van der Waals surface area contributed by atoms with Crippen molar-refractivity contribution in [2.24, 2.45) is 0 Å². The number of ketones is 1. The van der Waals surface area contributed by atoms with E-state index < -0.39 is 0 Å². The van der Waals surface area contributed by atoms with Gasteiger partial charge in [0.25, 0.3) is 0 Å². The predicted octanol–water partition coefficient (Wildman–Crippen LogP) is 4.60. The van der Waals surface area contributed by atoms with Crippen LogP contribution in [0.3, 0.4) is 0 Å². The highest BCUT2D eigenvalue weighted by Crippen LogP contribution is 2.25. The average molecular weight is 270 g/mol. The molecule has 0 aliphatic rings. The second-order valence-electron chi connectivity index (χ2n) is 5.42. The van der Waals surface area contributed by atoms with E-state index in [1.165, 1.54) is 12.1 Å². The molecule has 0 saturated carbocycles. The maximum absolute atomic E-state index is 13.2. The van der Waals surface area contributed by atoms with Gasteiger partial charge >= 0.3 is 0 Å². The number of benzene rings is 2. The van der Waals surface area contributed by atoms with Crippen LogP contribution in [0.1, 0.15) is 43.7 Å². The molecule has 0 N–H and O–H groups in total. The highest BCUT2D eigenvalue weighted by Gasteiger charge is 2.19. The Bertz CT molecular complexity index is 673. The van der Waals surface area contributed by atoms with Crippen LogP contribution >= 0.6 is 0 Å². The third kappa shape index (κ3) is 2.38. The molecule has 0 bridgehead atoms. The van der Waals surface area contributed by atoms with Gasteiger partial charge in [-0.15, -0.1) is 0 Å². The van der Waals surface area contributed by atoms with Gasteiger partial charge in [-0.25, -0.2) is 4.39 Å². The van der Waals surface area contributed by atoms with Crippen LogP contribution in [0.25, 0.3) is 0 Å². The largest absolute Gasteiger partial charge is 0.289 e. The molecule has 0 fully saturated rings. The topological polar surface area (TPSA) is 17.1 Å². The van der Waals surface area contributed by atoms with E-state index in [0.29, 0.717) is 11.1 Å². The first-order chi connectivity index (χ1) is 9.32. The Balaban J connectivity index is 2.65. The Hall–Kier alpha value is -1.96. The minimum Gasteiger partial charge on any atom is -0.289 e. The van der Waals surface area contributed by atoms with Crippen LogP contribution in [0.5, 0.6) is 0 Å². The Kier molecular flexibility index (Phi) is 3.76. The summed E-state index contributed by atoms with van der Waals surface area (Å²) in [5.74, 6) is -0.336. The summed E-state index contributed by atoms with van der Waals surface area (Å²) in [6, 6.07) is 6.41. The number of hydrogen-bond acceptors (Lipinski definition) is 1. The van der Waals surface area contributed by atoms with Gasteiger partial charge in [0, 0.05) is 11.1 Å². The van der Waals surface area contributed by atoms with Crippen molar-refractivity contribution in [3.8, 4) is 0 Å². The quantitative estimate of drug-likeness (QED) is 0.729. The van der Waals surface area contributed by atoms with Crippen LogP contribution in [0, 0.1) is 40.4 Å². The monoisotopic (exact) mass is 270 g/mol. The molecule has 0 aliphatic carbocycles. The Morgan fingerprint density at radius 2 is 1.40 bits per heavy atom. The minimum absolute atomic E-state index is 0.0238. The van der Waals surface area contributed by atoms with E-state index in [1.807, 2.05) is 27.7 Å². The van der Waals surface area contributed by atoms with Crippen molar-refractivity contribution < 1.29 is 9.18 Å². The van der Waals surface area contributed by atoms with Gasteiger partial charge in [-0.05, 0) is 80.6 Å². The summed E-state index contributed by atoms with van der Waals surface area (Å²) in [5.41, 5.74) is 6.21. The first-order valence-electron chi connectivity index (χ1n) is 6.71. The summed E-state index contributed by atoms with van der Waals surface area (Å²) in [4.78, 5) is 12.8. The molecule has 2 aromatic rings. The van der Waals surface area contributed by atoms with Gasteiger partial charge in [0.2, 0.25) is 0 Å². The molecule has 2 heteroatoms. The van der Waals surface area contributed by atoms with E-state index in [0.717, 1.165) is 27.8 Å². The van der Waals surface area contributed by atoms with E-state index in [1.54, 1.807) is 13.0 Å². The standard InChI is InChI=1S/C18H19FO/c1-10-8-11(2)14(5)17(13(10)4)18(20)16-7-6-15(19)9-12(16)3/h6-9H,1-5H3. The molecule has 0 radical (unpaired) electrons. The Labute approximate surface area is 119 Å². The predicted molar refractivity (Wildman–Crippen MR) is 80.0 cm³/mol. The van der Waals surface area contributed by atoms with Gasteiger partial charge in [0.15, 0.2) is 5.78 Å². The highest BCUT2D eigenvalue weighted by molar-refractivity contribution is 6.12. The van der Waals surface area contributed by atoms with Crippen LogP contribution in [0.2, 0.25) is 0 Å². The summed E-state index contributed by atoms with van der Waals surface area (Å²) in [5, 5.41) is 0. The SMILES string of the molecule is Cc1cc(F)ccc1C(=O)c1c(C)c(C)cc(C)c1C. The Morgan fingerprint density at radius 3 is 1.90 bits per heavy atom. The minimum atomic E-state index is -0.312. The normalized spacial score (nSPS) is 10.7. The number of carbonyl (C=O) groups excluding carboxylic acids is 1. The average Bonchev–Trinajstić information content (AvgIpc) is 2.36. The smallest absolute Gasteiger partial charge is 0.193 e. The molecule has 0 heterocycles. The van der Waals surface area contributed by atoms with E-state index >= 15 is 0 Å². The van der Waals surface area contributed by atoms with Gasteiger partial charge in [0.05, 0.1) is 0 Å². The summed E-state index contributed by atoms with van der Waals surface area (Å²) in [7, 11) is 0. The van der Waals surface area contributed by atoms with Gasteiger partial charge < -0.3 is 0 Å². The van der Waals surface area contributed by atoms with Crippen molar-refractivity contribution in [3.63, 3.8) is 0 Å². The lowest BCUT2D eigenvalue weighted by Gasteiger charge is -2.15. The van der Waals surface area contributed by atoms with Crippen molar-refractivity contribution in [3.05, 3.63) is 69.0 Å². The van der Waals surface area contributed by atoms with E-state index in [2.05, 4.69) is 6.07 Å². The van der Waals surface area contributed by atoms with E-state index in [9.17, 15) is 9.18 Å². The third-order valence-corrected chi connectivity index (χ3v) is 4.03. The molecule has 0 saturated heterocycles. The Morgan fingerprint density at radius 1 is 0.850 bits per heavy atom. The number of rotatable bonds is 2. The summed E-state index contributed by atoms with van der Waals surface area (Å²) >= 11 is 0. The highest BCUT2D eigenvalue weighted by atomic mass is 19.1. The van der Waals surface area contributed by atoms with Crippen molar-refractivity contribution in [2.75, 3.05) is 0 Å². The van der Waals surface area contributed by atoms with E-state index in [-0.39, 0.29) is 11.6 Å². The fraction of sp³-hybridized carbons (Fsp3) is 0.278. The number of aryl methyl sites for hydroxylation is 3. The third-order valence-electron chi connectivity index (χ3n) is 4.03. The number of halogens is 1. The van der Waals surface area contributed by atoms with Crippen LogP contribution in [-0.4, -0.2) is 5.78 Å². The van der Waals surface area contributed by atoms with Crippen molar-refractivity contribution >= 4 is 5.78 Å². The van der Waals surface area contributed by atoms with Gasteiger partial charge in [0.1, 0.15) is 5.82 Å². The maximum atomic E-state index is 13.2. The molecular formula is C18H19FO. The summed E-state index contributed by atoms with van der Waals surface area (Å²) in [6.07, 6.45) is 0. The number of carbonyl (C=O) groups is 1. The van der Waals surface area contributed by atoms with Crippen LogP contribution < -0.4 is 0 Å². The first-order valence-corrected chi connectivity index (χ1v) is 6.71. The van der Waals surface area contributed by atoms with Crippen molar-refractivity contribution in [1.29, 1.82) is 0 Å². The van der Waals surface area contributed by atoms with Gasteiger partial charge in [-0.3, -0.25) is 4.79 Å². The molecule has 0 unspecified atom stereocenters. The molecule has 1 nitrogen and oxygen atoms in total. The number of hydrogen-bond donors (Lipinski definition) is 0. The lowest BCUT2D eigenvalue weighted by Crippen LogP contribution is -2.10. The molecule has 0 spiro atoms. The zero-order chi connectivity index (χ0) is 15.0. The van der Waals surface area contributed by atoms with Crippen LogP contribution in [0.15, 0.2) is 24.3 Å². The lowest BCUT2D eigenvalue weighted by atomic mass is 9.88. The second-order valence-corrected chi connectivity index (χ2v) is 5.42. The molecule has 0 atom stereocenters. The fourth-order valence-electron chi connectivity index (χ4n) is 2.57.